The summed E-state index contributed by atoms with van der Waals surface area (Å²) < 4.78 is 4.60. The third-order valence-electron chi connectivity index (χ3n) is 0.965. The van der Waals surface area contributed by atoms with Crippen LogP contribution in [0.15, 0.2) is 10.6 Å². The van der Waals surface area contributed by atoms with E-state index in [9.17, 15) is 0 Å². The van der Waals surface area contributed by atoms with Gasteiger partial charge in [0.05, 0.1) is 6.04 Å². The van der Waals surface area contributed by atoms with Gasteiger partial charge in [-0.15, -0.1) is 0 Å². The van der Waals surface area contributed by atoms with Gasteiger partial charge in [-0.25, -0.2) is 0 Å². The Balaban J connectivity index is 2.85. The van der Waals surface area contributed by atoms with Gasteiger partial charge in [0.1, 0.15) is 0 Å². The molecule has 1 atom stereocenters. The summed E-state index contributed by atoms with van der Waals surface area (Å²) in [5, 5.41) is 11.9. The van der Waals surface area contributed by atoms with Gasteiger partial charge in [-0.05, 0) is 12.1 Å². The normalized spacial score (nSPS) is 13.6. The summed E-state index contributed by atoms with van der Waals surface area (Å²) in [6, 6.07) is 1.18. The molecule has 9 heavy (non-hydrogen) atoms. The number of aromatic nitrogens is 1. The van der Waals surface area contributed by atoms with Crippen molar-refractivity contribution in [2.24, 2.45) is 5.73 Å². The van der Waals surface area contributed by atoms with Crippen LogP contribution >= 0.6 is 0 Å². The Hall–Kier alpha value is -1.03. The number of rotatable bonds is 1. The molecular weight excluding hydrogens is 120 g/mol. The van der Waals surface area contributed by atoms with E-state index in [-0.39, 0.29) is 11.9 Å². The Bertz CT molecular complexity index is 195. The van der Waals surface area contributed by atoms with Crippen molar-refractivity contribution in [1.29, 1.82) is 0 Å². The Labute approximate surface area is 52.3 Å². The molecule has 50 valence electrons. The molecule has 4 nitrogen and oxygen atoms in total. The largest absolute Gasteiger partial charge is 0.491 e. The maximum atomic E-state index is 8.64. The molecule has 0 radical (unpaired) electrons. The first-order valence-electron chi connectivity index (χ1n) is 2.61. The predicted molar refractivity (Wildman–Crippen MR) is 30.8 cm³/mol. The standard InChI is InChI=1S/C5H8N2O2/c1-3(6)4-2-5(8)7-9-4/h2-3H,6H2,1H3,(H,7,8)/t3-/m1/s1. The molecule has 0 aliphatic heterocycles. The van der Waals surface area contributed by atoms with Gasteiger partial charge in [-0.2, -0.15) is 0 Å². The average molecular weight is 128 g/mol. The van der Waals surface area contributed by atoms with Gasteiger partial charge in [0.2, 0.25) is 0 Å². The van der Waals surface area contributed by atoms with E-state index in [0.717, 1.165) is 0 Å². The second-order valence-electron chi connectivity index (χ2n) is 1.88. The first kappa shape index (κ1) is 6.10. The number of aromatic hydroxyl groups is 1. The van der Waals surface area contributed by atoms with Gasteiger partial charge in [0.25, 0.3) is 5.88 Å². The molecular formula is C5H8N2O2. The van der Waals surface area contributed by atoms with Crippen molar-refractivity contribution in [3.63, 3.8) is 0 Å². The number of hydrogen-bond acceptors (Lipinski definition) is 4. The number of nitrogens with zero attached hydrogens (tertiary/aromatic N) is 1. The van der Waals surface area contributed by atoms with Crippen molar-refractivity contribution in [3.8, 4) is 5.88 Å². The first-order valence-corrected chi connectivity index (χ1v) is 2.61. The molecule has 0 fully saturated rings. The topological polar surface area (TPSA) is 72.3 Å². The van der Waals surface area contributed by atoms with Gasteiger partial charge < -0.3 is 15.4 Å². The SMILES string of the molecule is C[C@@H](N)c1cc(O)no1. The summed E-state index contributed by atoms with van der Waals surface area (Å²) in [6.45, 7) is 1.75. The highest BCUT2D eigenvalue weighted by molar-refractivity contribution is 5.10. The van der Waals surface area contributed by atoms with Gasteiger partial charge in [-0.3, -0.25) is 0 Å². The summed E-state index contributed by atoms with van der Waals surface area (Å²) in [5.74, 6) is 0.370. The summed E-state index contributed by atoms with van der Waals surface area (Å²) in [6.07, 6.45) is 0. The fourth-order valence-corrected chi connectivity index (χ4v) is 0.494. The Morgan fingerprint density at radius 2 is 2.56 bits per heavy atom. The van der Waals surface area contributed by atoms with E-state index in [1.54, 1.807) is 6.92 Å². The lowest BCUT2D eigenvalue weighted by Gasteiger charge is -1.93. The van der Waals surface area contributed by atoms with Crippen molar-refractivity contribution in [2.75, 3.05) is 0 Å². The zero-order chi connectivity index (χ0) is 6.85. The average Bonchev–Trinajstić information content (AvgIpc) is 2.14. The van der Waals surface area contributed by atoms with Gasteiger partial charge in [0.15, 0.2) is 5.76 Å². The molecule has 0 aromatic carbocycles. The van der Waals surface area contributed by atoms with Crippen molar-refractivity contribution in [1.82, 2.24) is 5.16 Å². The van der Waals surface area contributed by atoms with E-state index in [2.05, 4.69) is 9.68 Å². The van der Waals surface area contributed by atoms with Crippen LogP contribution in [0.1, 0.15) is 18.7 Å². The van der Waals surface area contributed by atoms with Crippen LogP contribution in [-0.4, -0.2) is 10.3 Å². The predicted octanol–water partition coefficient (Wildman–Crippen LogP) is 0.400. The Morgan fingerprint density at radius 3 is 2.78 bits per heavy atom. The lowest BCUT2D eigenvalue weighted by atomic mass is 10.3. The number of nitrogens with two attached hydrogens (primary N) is 1. The summed E-state index contributed by atoms with van der Waals surface area (Å²) >= 11 is 0. The first-order chi connectivity index (χ1) is 4.20. The monoisotopic (exact) mass is 128 g/mol. The second kappa shape index (κ2) is 2.06. The molecule has 0 aliphatic carbocycles. The van der Waals surface area contributed by atoms with E-state index in [0.29, 0.717) is 5.76 Å². The molecule has 3 N–H and O–H groups in total. The van der Waals surface area contributed by atoms with Crippen LogP contribution in [-0.2, 0) is 0 Å². The maximum Gasteiger partial charge on any atom is 0.251 e. The third kappa shape index (κ3) is 1.20. The van der Waals surface area contributed by atoms with Crippen molar-refractivity contribution in [2.45, 2.75) is 13.0 Å². The fourth-order valence-electron chi connectivity index (χ4n) is 0.494. The smallest absolute Gasteiger partial charge is 0.251 e. The third-order valence-corrected chi connectivity index (χ3v) is 0.965. The molecule has 0 saturated carbocycles. The van der Waals surface area contributed by atoms with Crippen LogP contribution in [0.25, 0.3) is 0 Å². The summed E-state index contributed by atoms with van der Waals surface area (Å²) in [7, 11) is 0. The molecule has 0 saturated heterocycles. The molecule has 0 amide bonds. The highest BCUT2D eigenvalue weighted by atomic mass is 16.5. The lowest BCUT2D eigenvalue weighted by Crippen LogP contribution is -2.02. The van der Waals surface area contributed by atoms with Crippen LogP contribution in [0, 0.1) is 0 Å². The minimum absolute atomic E-state index is 0.123. The molecule has 1 rings (SSSR count). The van der Waals surface area contributed by atoms with E-state index >= 15 is 0 Å². The summed E-state index contributed by atoms with van der Waals surface area (Å²) in [5.41, 5.74) is 5.38. The van der Waals surface area contributed by atoms with Crippen LogP contribution in [0.2, 0.25) is 0 Å². The van der Waals surface area contributed by atoms with Gasteiger partial charge in [0, 0.05) is 6.07 Å². The molecule has 1 heterocycles. The maximum absolute atomic E-state index is 8.64. The van der Waals surface area contributed by atoms with E-state index < -0.39 is 0 Å². The molecule has 4 heteroatoms. The fraction of sp³-hybridized carbons (Fsp3) is 0.400. The highest BCUT2D eigenvalue weighted by Crippen LogP contribution is 2.13. The Morgan fingerprint density at radius 1 is 1.89 bits per heavy atom. The van der Waals surface area contributed by atoms with Crippen LogP contribution in [0.4, 0.5) is 0 Å². The van der Waals surface area contributed by atoms with Crippen molar-refractivity contribution < 1.29 is 9.63 Å². The minimum Gasteiger partial charge on any atom is -0.491 e. The quantitative estimate of drug-likeness (QED) is 0.574. The van der Waals surface area contributed by atoms with Crippen molar-refractivity contribution in [3.05, 3.63) is 11.8 Å². The van der Waals surface area contributed by atoms with Crippen molar-refractivity contribution >= 4 is 0 Å². The van der Waals surface area contributed by atoms with Crippen LogP contribution in [0.5, 0.6) is 5.88 Å². The van der Waals surface area contributed by atoms with E-state index in [1.165, 1.54) is 6.07 Å². The lowest BCUT2D eigenvalue weighted by molar-refractivity contribution is 0.332. The molecule has 1 aromatic heterocycles. The minimum atomic E-state index is -0.210. The van der Waals surface area contributed by atoms with Crippen LogP contribution < -0.4 is 5.73 Å². The second-order valence-corrected chi connectivity index (χ2v) is 1.88. The molecule has 0 unspecified atom stereocenters. The summed E-state index contributed by atoms with van der Waals surface area (Å²) in [4.78, 5) is 0. The Kier molecular flexibility index (Phi) is 1.40. The zero-order valence-corrected chi connectivity index (χ0v) is 5.03. The van der Waals surface area contributed by atoms with E-state index in [4.69, 9.17) is 10.8 Å². The van der Waals surface area contributed by atoms with Gasteiger partial charge >= 0.3 is 0 Å². The highest BCUT2D eigenvalue weighted by Gasteiger charge is 2.05. The molecule has 1 aromatic rings. The van der Waals surface area contributed by atoms with Crippen LogP contribution in [0.3, 0.4) is 0 Å². The number of hydrogen-bond donors (Lipinski definition) is 2. The molecule has 0 spiro atoms. The molecule has 0 aliphatic rings. The zero-order valence-electron chi connectivity index (χ0n) is 5.03. The molecule has 0 bridgehead atoms. The van der Waals surface area contributed by atoms with Gasteiger partial charge in [-0.1, -0.05) is 0 Å². The van der Waals surface area contributed by atoms with E-state index in [1.807, 2.05) is 0 Å².